The molecule has 2 nitrogen and oxygen atoms in total. The fraction of sp³-hybridized carbons (Fsp3) is 0.364. The molecule has 0 spiro atoms. The van der Waals surface area contributed by atoms with Gasteiger partial charge in [-0.2, -0.15) is 0 Å². The van der Waals surface area contributed by atoms with Crippen LogP contribution in [0.25, 0.3) is 5.70 Å². The molecule has 24 heavy (non-hydrogen) atoms. The minimum absolute atomic E-state index is 0.0161. The van der Waals surface area contributed by atoms with Crippen LogP contribution in [-0.4, -0.2) is 11.1 Å². The number of fused-ring (bicyclic) bond motifs is 3. The largest absolute Gasteiger partial charge is 0.340 e. The Morgan fingerprint density at radius 1 is 0.917 bits per heavy atom. The fourth-order valence-electron chi connectivity index (χ4n) is 4.55. The maximum atomic E-state index is 2.57. The molecule has 0 saturated carbocycles. The normalized spacial score (nSPS) is 20.9. The lowest BCUT2D eigenvalue weighted by Gasteiger charge is -2.40. The van der Waals surface area contributed by atoms with E-state index < -0.39 is 0 Å². The van der Waals surface area contributed by atoms with Gasteiger partial charge in [0.15, 0.2) is 0 Å². The lowest BCUT2D eigenvalue weighted by atomic mass is 9.93. The maximum Gasteiger partial charge on any atom is 0.104 e. The lowest BCUT2D eigenvalue weighted by molar-refractivity contribution is 0.181. The van der Waals surface area contributed by atoms with Crippen molar-refractivity contribution in [1.82, 2.24) is 4.90 Å². The summed E-state index contributed by atoms with van der Waals surface area (Å²) in [6, 6.07) is 13.3. The van der Waals surface area contributed by atoms with Gasteiger partial charge in [0.2, 0.25) is 0 Å². The summed E-state index contributed by atoms with van der Waals surface area (Å²) in [7, 11) is 0. The van der Waals surface area contributed by atoms with Crippen molar-refractivity contribution in [1.29, 1.82) is 0 Å². The van der Waals surface area contributed by atoms with Gasteiger partial charge in [0.1, 0.15) is 6.17 Å². The fourth-order valence-corrected chi connectivity index (χ4v) is 4.55. The van der Waals surface area contributed by atoms with Gasteiger partial charge >= 0.3 is 0 Å². The van der Waals surface area contributed by atoms with Crippen LogP contribution in [0, 0.1) is 20.8 Å². The predicted octanol–water partition coefficient (Wildman–Crippen LogP) is 5.33. The number of rotatable bonds is 1. The first-order valence-corrected chi connectivity index (χ1v) is 8.80. The molecule has 0 aromatic heterocycles. The zero-order chi connectivity index (χ0) is 17.2. The highest BCUT2D eigenvalue weighted by atomic mass is 15.4. The van der Waals surface area contributed by atoms with Gasteiger partial charge in [0.05, 0.1) is 11.2 Å². The molecule has 4 rings (SSSR count). The summed E-state index contributed by atoms with van der Waals surface area (Å²) in [6.45, 7) is 13.6. The average molecular weight is 318 g/mol. The summed E-state index contributed by atoms with van der Waals surface area (Å²) in [4.78, 5) is 5.03. The van der Waals surface area contributed by atoms with Gasteiger partial charge in [-0.1, -0.05) is 36.4 Å². The molecule has 0 aliphatic carbocycles. The number of anilines is 1. The number of benzene rings is 2. The predicted molar refractivity (Wildman–Crippen MR) is 102 cm³/mol. The molecule has 0 bridgehead atoms. The van der Waals surface area contributed by atoms with Crippen LogP contribution in [0.2, 0.25) is 0 Å². The second-order valence-corrected chi connectivity index (χ2v) is 7.70. The van der Waals surface area contributed by atoms with Gasteiger partial charge in [-0.05, 0) is 63.8 Å². The van der Waals surface area contributed by atoms with Gasteiger partial charge in [-0.3, -0.25) is 0 Å². The summed E-state index contributed by atoms with van der Waals surface area (Å²) in [6.07, 6.45) is 2.66. The van der Waals surface area contributed by atoms with Crippen molar-refractivity contribution in [3.8, 4) is 0 Å². The van der Waals surface area contributed by atoms with E-state index >= 15 is 0 Å². The number of hydrogen-bond donors (Lipinski definition) is 0. The first-order chi connectivity index (χ1) is 11.3. The molecule has 0 radical (unpaired) electrons. The van der Waals surface area contributed by atoms with Crippen LogP contribution in [0.3, 0.4) is 0 Å². The molecule has 0 fully saturated rings. The zero-order valence-corrected chi connectivity index (χ0v) is 15.5. The van der Waals surface area contributed by atoms with Crippen molar-refractivity contribution in [2.75, 3.05) is 4.90 Å². The van der Waals surface area contributed by atoms with E-state index in [4.69, 9.17) is 0 Å². The Bertz CT molecular complexity index is 860. The monoisotopic (exact) mass is 318 g/mol. The molecule has 2 aliphatic rings. The van der Waals surface area contributed by atoms with Crippen molar-refractivity contribution in [2.45, 2.75) is 53.2 Å². The van der Waals surface area contributed by atoms with Crippen molar-refractivity contribution >= 4 is 11.4 Å². The Morgan fingerprint density at radius 3 is 2.33 bits per heavy atom. The average Bonchev–Trinajstić information content (AvgIpc) is 3.00. The van der Waals surface area contributed by atoms with E-state index in [1.165, 1.54) is 39.2 Å². The molecule has 0 amide bonds. The minimum Gasteiger partial charge on any atom is -0.340 e. The summed E-state index contributed by atoms with van der Waals surface area (Å²) >= 11 is 0. The topological polar surface area (TPSA) is 6.48 Å². The molecule has 0 N–H and O–H groups in total. The third kappa shape index (κ3) is 1.83. The quantitative estimate of drug-likeness (QED) is 0.701. The van der Waals surface area contributed by atoms with Crippen molar-refractivity contribution in [3.63, 3.8) is 0 Å². The molecule has 0 saturated heterocycles. The van der Waals surface area contributed by atoms with E-state index in [-0.39, 0.29) is 5.54 Å². The smallest absolute Gasteiger partial charge is 0.104 e. The van der Waals surface area contributed by atoms with E-state index in [1.54, 1.807) is 0 Å². The standard InChI is InChI=1S/C22H26N2/c1-14-11-12-15(2)21(16(14)3)23-13-20-18-9-7-8-10-19(18)22(5,6)24(20)17(23)4/h7-13,17H,1-6H3/t17-/m1/s1. The first kappa shape index (κ1) is 15.3. The van der Waals surface area contributed by atoms with Crippen LogP contribution in [0.15, 0.2) is 42.6 Å². The first-order valence-electron chi connectivity index (χ1n) is 8.80. The molecule has 2 aromatic rings. The van der Waals surface area contributed by atoms with Crippen LogP contribution in [0.4, 0.5) is 5.69 Å². The van der Waals surface area contributed by atoms with E-state index in [0.29, 0.717) is 6.17 Å². The van der Waals surface area contributed by atoms with E-state index in [2.05, 4.69) is 93.9 Å². The highest BCUT2D eigenvalue weighted by molar-refractivity contribution is 5.80. The lowest BCUT2D eigenvalue weighted by Crippen LogP contribution is -2.44. The third-order valence-electron chi connectivity index (χ3n) is 5.92. The van der Waals surface area contributed by atoms with E-state index in [9.17, 15) is 0 Å². The molecule has 2 heteroatoms. The Labute approximate surface area is 145 Å². The molecule has 2 aliphatic heterocycles. The summed E-state index contributed by atoms with van der Waals surface area (Å²) < 4.78 is 0. The van der Waals surface area contributed by atoms with Crippen molar-refractivity contribution in [2.24, 2.45) is 0 Å². The van der Waals surface area contributed by atoms with Crippen LogP contribution in [0.5, 0.6) is 0 Å². The molecule has 2 aromatic carbocycles. The highest BCUT2D eigenvalue weighted by Crippen LogP contribution is 2.51. The summed E-state index contributed by atoms with van der Waals surface area (Å²) in [5.41, 5.74) is 9.61. The van der Waals surface area contributed by atoms with E-state index in [0.717, 1.165) is 0 Å². The van der Waals surface area contributed by atoms with Crippen LogP contribution in [-0.2, 0) is 5.54 Å². The van der Waals surface area contributed by atoms with Gasteiger partial charge in [0, 0.05) is 17.5 Å². The van der Waals surface area contributed by atoms with Crippen LogP contribution < -0.4 is 4.90 Å². The van der Waals surface area contributed by atoms with Gasteiger partial charge < -0.3 is 9.80 Å². The van der Waals surface area contributed by atoms with Gasteiger partial charge in [-0.15, -0.1) is 0 Å². The summed E-state index contributed by atoms with van der Waals surface area (Å²) in [5.74, 6) is 0. The Morgan fingerprint density at radius 2 is 1.58 bits per heavy atom. The maximum absolute atomic E-state index is 2.57. The molecule has 1 atom stereocenters. The number of nitrogens with zero attached hydrogens (tertiary/aromatic N) is 2. The molecule has 2 heterocycles. The van der Waals surface area contributed by atoms with Crippen LogP contribution >= 0.6 is 0 Å². The SMILES string of the molecule is Cc1ccc(C)c(N2C=C3c4ccccc4C(C)(C)N3[C@@H]2C)c1C. The van der Waals surface area contributed by atoms with Gasteiger partial charge in [0.25, 0.3) is 0 Å². The van der Waals surface area contributed by atoms with Crippen LogP contribution in [0.1, 0.15) is 48.6 Å². The number of aryl methyl sites for hydroxylation is 2. The van der Waals surface area contributed by atoms with E-state index in [1.807, 2.05) is 0 Å². The van der Waals surface area contributed by atoms with Gasteiger partial charge in [-0.25, -0.2) is 0 Å². The molecular formula is C22H26N2. The highest BCUT2D eigenvalue weighted by Gasteiger charge is 2.47. The minimum atomic E-state index is 0.0161. The van der Waals surface area contributed by atoms with Crippen molar-refractivity contribution in [3.05, 3.63) is 70.4 Å². The Kier molecular flexibility index (Phi) is 3.12. The molecule has 124 valence electrons. The number of hydrogen-bond acceptors (Lipinski definition) is 2. The third-order valence-corrected chi connectivity index (χ3v) is 5.92. The molecular weight excluding hydrogens is 292 g/mol. The zero-order valence-electron chi connectivity index (χ0n) is 15.5. The summed E-state index contributed by atoms with van der Waals surface area (Å²) in [5, 5.41) is 0. The second kappa shape index (κ2) is 4.89. The Hall–Kier alpha value is -2.22. The van der Waals surface area contributed by atoms with Crippen molar-refractivity contribution < 1.29 is 0 Å². The Balaban J connectivity index is 1.90. The molecule has 0 unspecified atom stereocenters. The second-order valence-electron chi connectivity index (χ2n) is 7.70.